The number of nitrogen functional groups attached to an aromatic ring is 1. The molecule has 0 radical (unpaired) electrons. The van der Waals surface area contributed by atoms with Crippen molar-refractivity contribution in [2.75, 3.05) is 10.6 Å². The average Bonchev–Trinajstić information content (AvgIpc) is 3.11. The lowest BCUT2D eigenvalue weighted by molar-refractivity contribution is 0.242. The van der Waals surface area contributed by atoms with Gasteiger partial charge in [0.05, 0.1) is 12.6 Å². The highest BCUT2D eigenvalue weighted by Crippen LogP contribution is 2.36. The fourth-order valence-electron chi connectivity index (χ4n) is 2.50. The minimum absolute atomic E-state index is 0.159. The second-order valence-corrected chi connectivity index (χ2v) is 6.90. The SMILES string of the molecule is CC(C)Oc1cc(N)cc(N(Cc2cccs2)C2CC2)c1. The van der Waals surface area contributed by atoms with Gasteiger partial charge in [0.1, 0.15) is 5.75 Å². The Kier molecular flexibility index (Phi) is 4.06. The second kappa shape index (κ2) is 5.98. The van der Waals surface area contributed by atoms with E-state index >= 15 is 0 Å². The van der Waals surface area contributed by atoms with Gasteiger partial charge in [0, 0.05) is 34.4 Å². The van der Waals surface area contributed by atoms with Gasteiger partial charge in [0.25, 0.3) is 0 Å². The van der Waals surface area contributed by atoms with Crippen LogP contribution in [0.2, 0.25) is 0 Å². The van der Waals surface area contributed by atoms with E-state index < -0.39 is 0 Å². The van der Waals surface area contributed by atoms with Crippen LogP contribution in [0.1, 0.15) is 31.6 Å². The van der Waals surface area contributed by atoms with E-state index in [9.17, 15) is 0 Å². The molecule has 0 unspecified atom stereocenters. The monoisotopic (exact) mass is 302 g/mol. The van der Waals surface area contributed by atoms with Crippen LogP contribution in [-0.4, -0.2) is 12.1 Å². The Morgan fingerprint density at radius 1 is 1.33 bits per heavy atom. The Morgan fingerprint density at radius 2 is 2.14 bits per heavy atom. The van der Waals surface area contributed by atoms with Gasteiger partial charge in [0.15, 0.2) is 0 Å². The maximum atomic E-state index is 6.06. The van der Waals surface area contributed by atoms with Crippen LogP contribution < -0.4 is 15.4 Å². The van der Waals surface area contributed by atoms with Gasteiger partial charge in [-0.15, -0.1) is 11.3 Å². The van der Waals surface area contributed by atoms with Crippen molar-refractivity contribution >= 4 is 22.7 Å². The highest BCUT2D eigenvalue weighted by molar-refractivity contribution is 7.09. The Morgan fingerprint density at radius 3 is 2.76 bits per heavy atom. The van der Waals surface area contributed by atoms with Crippen LogP contribution in [0.4, 0.5) is 11.4 Å². The van der Waals surface area contributed by atoms with E-state index in [1.54, 1.807) is 11.3 Å². The molecule has 0 bridgehead atoms. The van der Waals surface area contributed by atoms with Crippen LogP contribution in [-0.2, 0) is 6.54 Å². The van der Waals surface area contributed by atoms with Crippen LogP contribution in [0.3, 0.4) is 0 Å². The zero-order chi connectivity index (χ0) is 14.8. The van der Waals surface area contributed by atoms with Crippen LogP contribution in [0.5, 0.6) is 5.75 Å². The number of thiophene rings is 1. The zero-order valence-electron chi connectivity index (χ0n) is 12.6. The number of ether oxygens (including phenoxy) is 1. The van der Waals surface area contributed by atoms with E-state index in [0.29, 0.717) is 6.04 Å². The highest BCUT2D eigenvalue weighted by atomic mass is 32.1. The maximum Gasteiger partial charge on any atom is 0.123 e. The summed E-state index contributed by atoms with van der Waals surface area (Å²) in [7, 11) is 0. The fourth-order valence-corrected chi connectivity index (χ4v) is 3.20. The van der Waals surface area contributed by atoms with E-state index in [-0.39, 0.29) is 6.10 Å². The third kappa shape index (κ3) is 3.70. The average molecular weight is 302 g/mol. The van der Waals surface area contributed by atoms with Crippen molar-refractivity contribution in [2.24, 2.45) is 0 Å². The van der Waals surface area contributed by atoms with Crippen molar-refractivity contribution in [1.29, 1.82) is 0 Å². The minimum atomic E-state index is 0.159. The van der Waals surface area contributed by atoms with Crippen molar-refractivity contribution < 1.29 is 4.74 Å². The van der Waals surface area contributed by atoms with Crippen molar-refractivity contribution in [2.45, 2.75) is 45.4 Å². The lowest BCUT2D eigenvalue weighted by Crippen LogP contribution is -2.24. The minimum Gasteiger partial charge on any atom is -0.491 e. The van der Waals surface area contributed by atoms with Gasteiger partial charge in [0.2, 0.25) is 0 Å². The first-order valence-electron chi connectivity index (χ1n) is 7.48. The summed E-state index contributed by atoms with van der Waals surface area (Å²) in [5, 5.41) is 2.13. The molecule has 3 nitrogen and oxygen atoms in total. The molecule has 21 heavy (non-hydrogen) atoms. The molecule has 2 aromatic rings. The molecule has 1 aliphatic rings. The van der Waals surface area contributed by atoms with Gasteiger partial charge in [-0.05, 0) is 44.2 Å². The molecule has 1 saturated carbocycles. The lowest BCUT2D eigenvalue weighted by atomic mass is 10.2. The molecule has 0 atom stereocenters. The van der Waals surface area contributed by atoms with Gasteiger partial charge < -0.3 is 15.4 Å². The first kappa shape index (κ1) is 14.3. The second-order valence-electron chi connectivity index (χ2n) is 5.87. The fraction of sp³-hybridized carbons (Fsp3) is 0.412. The summed E-state index contributed by atoms with van der Waals surface area (Å²) < 4.78 is 5.82. The number of hydrogen-bond acceptors (Lipinski definition) is 4. The lowest BCUT2D eigenvalue weighted by Gasteiger charge is -2.25. The number of nitrogens with two attached hydrogens (primary N) is 1. The van der Waals surface area contributed by atoms with E-state index in [4.69, 9.17) is 10.5 Å². The van der Waals surface area contributed by atoms with E-state index in [1.807, 2.05) is 19.9 Å². The Balaban J connectivity index is 1.86. The van der Waals surface area contributed by atoms with Crippen LogP contribution >= 0.6 is 11.3 Å². The summed E-state index contributed by atoms with van der Waals surface area (Å²) in [6, 6.07) is 11.0. The molecule has 112 valence electrons. The molecule has 1 aromatic heterocycles. The quantitative estimate of drug-likeness (QED) is 0.809. The zero-order valence-corrected chi connectivity index (χ0v) is 13.4. The standard InChI is InChI=1S/C17H22N2OS/c1-12(2)20-16-9-13(18)8-15(10-16)19(14-5-6-14)11-17-4-3-7-21-17/h3-4,7-10,12,14H,5-6,11,18H2,1-2H3. The molecule has 0 amide bonds. The molecule has 0 spiro atoms. The smallest absolute Gasteiger partial charge is 0.123 e. The maximum absolute atomic E-state index is 6.06. The number of nitrogens with zero attached hydrogens (tertiary/aromatic N) is 1. The largest absolute Gasteiger partial charge is 0.491 e. The normalized spacial score (nSPS) is 14.4. The third-order valence-electron chi connectivity index (χ3n) is 3.51. The number of benzene rings is 1. The Bertz CT molecular complexity index is 591. The molecule has 0 saturated heterocycles. The summed E-state index contributed by atoms with van der Waals surface area (Å²) in [6.45, 7) is 5.02. The van der Waals surface area contributed by atoms with Crippen molar-refractivity contribution in [1.82, 2.24) is 0 Å². The van der Waals surface area contributed by atoms with Crippen molar-refractivity contribution in [3.8, 4) is 5.75 Å². The number of hydrogen-bond donors (Lipinski definition) is 1. The third-order valence-corrected chi connectivity index (χ3v) is 4.37. The van der Waals surface area contributed by atoms with E-state index in [1.165, 1.54) is 23.4 Å². The Labute approximate surface area is 130 Å². The van der Waals surface area contributed by atoms with E-state index in [2.05, 4.69) is 34.5 Å². The van der Waals surface area contributed by atoms with Crippen molar-refractivity contribution in [3.63, 3.8) is 0 Å². The van der Waals surface area contributed by atoms with Crippen LogP contribution in [0.25, 0.3) is 0 Å². The number of rotatable bonds is 6. The highest BCUT2D eigenvalue weighted by Gasteiger charge is 2.30. The predicted molar refractivity (Wildman–Crippen MR) is 90.1 cm³/mol. The summed E-state index contributed by atoms with van der Waals surface area (Å²) in [6.07, 6.45) is 2.69. The first-order chi connectivity index (χ1) is 10.1. The van der Waals surface area contributed by atoms with E-state index in [0.717, 1.165) is 18.0 Å². The van der Waals surface area contributed by atoms with Gasteiger partial charge >= 0.3 is 0 Å². The molecule has 4 heteroatoms. The van der Waals surface area contributed by atoms with Gasteiger partial charge in [-0.2, -0.15) is 0 Å². The van der Waals surface area contributed by atoms with Crippen LogP contribution in [0.15, 0.2) is 35.7 Å². The summed E-state index contributed by atoms with van der Waals surface area (Å²) in [5.74, 6) is 0.858. The molecular weight excluding hydrogens is 280 g/mol. The molecule has 2 N–H and O–H groups in total. The van der Waals surface area contributed by atoms with Gasteiger partial charge in [-0.3, -0.25) is 0 Å². The van der Waals surface area contributed by atoms with Crippen LogP contribution in [0, 0.1) is 0 Å². The molecule has 1 fully saturated rings. The topological polar surface area (TPSA) is 38.5 Å². The van der Waals surface area contributed by atoms with Gasteiger partial charge in [-0.25, -0.2) is 0 Å². The molecule has 1 aliphatic carbocycles. The summed E-state index contributed by atoms with van der Waals surface area (Å²) in [4.78, 5) is 3.84. The summed E-state index contributed by atoms with van der Waals surface area (Å²) in [5.41, 5.74) is 7.99. The summed E-state index contributed by atoms with van der Waals surface area (Å²) >= 11 is 1.81. The molecule has 0 aliphatic heterocycles. The predicted octanol–water partition coefficient (Wildman–Crippen LogP) is 4.29. The molecule has 1 aromatic carbocycles. The van der Waals surface area contributed by atoms with Gasteiger partial charge in [-0.1, -0.05) is 6.07 Å². The Hall–Kier alpha value is -1.68. The molecule has 1 heterocycles. The molecular formula is C17H22N2OS. The molecule has 3 rings (SSSR count). The van der Waals surface area contributed by atoms with Crippen molar-refractivity contribution in [3.05, 3.63) is 40.6 Å². The number of anilines is 2. The first-order valence-corrected chi connectivity index (χ1v) is 8.36.